The van der Waals surface area contributed by atoms with E-state index in [4.69, 9.17) is 21.5 Å². The quantitative estimate of drug-likeness (QED) is 0.705. The van der Waals surface area contributed by atoms with Gasteiger partial charge in [-0.2, -0.15) is 0 Å². The molecule has 2 N–H and O–H groups in total. The molecule has 1 aromatic rings. The third-order valence-corrected chi connectivity index (χ3v) is 4.13. The Morgan fingerprint density at radius 3 is 2.45 bits per heavy atom. The van der Waals surface area contributed by atoms with Crippen LogP contribution < -0.4 is 9.88 Å². The monoisotopic (exact) mass is 319 g/mol. The molecule has 4 nitrogen and oxygen atoms in total. The molecule has 0 unspecified atom stereocenters. The van der Waals surface area contributed by atoms with Gasteiger partial charge in [-0.1, -0.05) is 50.6 Å². The number of hydrogen-bond donors (Lipinski definition) is 1. The highest BCUT2D eigenvalue weighted by atomic mass is 35.5. The third-order valence-electron chi connectivity index (χ3n) is 2.97. The molecule has 0 heterocycles. The number of rotatable bonds is 9. The van der Waals surface area contributed by atoms with Crippen LogP contribution in [0.5, 0.6) is 5.75 Å². The first-order valence-corrected chi connectivity index (χ1v) is 8.82. The molecule has 0 amide bonds. The van der Waals surface area contributed by atoms with E-state index in [0.29, 0.717) is 11.6 Å². The number of primary sulfonamides is 1. The van der Waals surface area contributed by atoms with Crippen molar-refractivity contribution in [1.29, 1.82) is 0 Å². The molecule has 0 aromatic heterocycles. The molecule has 0 spiro atoms. The van der Waals surface area contributed by atoms with E-state index in [1.807, 2.05) is 0 Å². The molecule has 0 aliphatic rings. The van der Waals surface area contributed by atoms with E-state index in [1.54, 1.807) is 12.1 Å². The minimum absolute atomic E-state index is 0.0593. The number of ether oxygens (including phenoxy) is 1. The normalized spacial score (nSPS) is 11.6. The van der Waals surface area contributed by atoms with Crippen LogP contribution in [0.4, 0.5) is 0 Å². The van der Waals surface area contributed by atoms with E-state index in [9.17, 15) is 8.42 Å². The van der Waals surface area contributed by atoms with Gasteiger partial charge in [0.2, 0.25) is 10.0 Å². The van der Waals surface area contributed by atoms with Gasteiger partial charge >= 0.3 is 0 Å². The summed E-state index contributed by atoms with van der Waals surface area (Å²) in [5.41, 5.74) is 0. The molecule has 0 atom stereocenters. The first kappa shape index (κ1) is 17.3. The van der Waals surface area contributed by atoms with Crippen molar-refractivity contribution in [2.45, 2.75) is 50.3 Å². The fraction of sp³-hybridized carbons (Fsp3) is 0.571. The van der Waals surface area contributed by atoms with Gasteiger partial charge in [-0.15, -0.1) is 0 Å². The van der Waals surface area contributed by atoms with Gasteiger partial charge in [0, 0.05) is 5.02 Å². The van der Waals surface area contributed by atoms with Gasteiger partial charge in [0.25, 0.3) is 0 Å². The van der Waals surface area contributed by atoms with E-state index in [-0.39, 0.29) is 10.6 Å². The molecule has 6 heteroatoms. The second-order valence-electron chi connectivity index (χ2n) is 4.75. The van der Waals surface area contributed by atoms with Crippen LogP contribution in [0.1, 0.15) is 45.4 Å². The number of sulfonamides is 1. The van der Waals surface area contributed by atoms with Crippen LogP contribution in [0.3, 0.4) is 0 Å². The summed E-state index contributed by atoms with van der Waals surface area (Å²) < 4.78 is 28.4. The smallest absolute Gasteiger partial charge is 0.241 e. The van der Waals surface area contributed by atoms with Crippen LogP contribution in [-0.4, -0.2) is 15.0 Å². The molecule has 0 saturated carbocycles. The molecular weight excluding hydrogens is 298 g/mol. The molecule has 1 rings (SSSR count). The van der Waals surface area contributed by atoms with Crippen LogP contribution in [0.15, 0.2) is 23.1 Å². The maximum absolute atomic E-state index is 11.5. The minimum Gasteiger partial charge on any atom is -0.492 e. The van der Waals surface area contributed by atoms with Crippen LogP contribution in [0.25, 0.3) is 0 Å². The number of halogens is 1. The number of hydrogen-bond acceptors (Lipinski definition) is 3. The van der Waals surface area contributed by atoms with E-state index < -0.39 is 10.0 Å². The van der Waals surface area contributed by atoms with Crippen molar-refractivity contribution in [3.05, 3.63) is 23.2 Å². The Morgan fingerprint density at radius 1 is 1.15 bits per heavy atom. The summed E-state index contributed by atoms with van der Waals surface area (Å²) in [7, 11) is -3.82. The van der Waals surface area contributed by atoms with Gasteiger partial charge in [-0.05, 0) is 24.6 Å². The Bertz CT molecular complexity index is 517. The third kappa shape index (κ3) is 6.11. The van der Waals surface area contributed by atoms with Gasteiger partial charge in [-0.25, -0.2) is 13.6 Å². The predicted molar refractivity (Wildman–Crippen MR) is 81.7 cm³/mol. The predicted octanol–water partition coefficient (Wildman–Crippen LogP) is 3.73. The summed E-state index contributed by atoms with van der Waals surface area (Å²) in [6, 6.07) is 4.44. The first-order valence-electron chi connectivity index (χ1n) is 6.90. The van der Waals surface area contributed by atoms with Crippen molar-refractivity contribution < 1.29 is 13.2 Å². The van der Waals surface area contributed by atoms with E-state index in [2.05, 4.69) is 6.92 Å². The lowest BCUT2D eigenvalue weighted by atomic mass is 10.1. The van der Waals surface area contributed by atoms with Gasteiger partial charge in [0.05, 0.1) is 6.61 Å². The van der Waals surface area contributed by atoms with E-state index in [1.165, 1.54) is 31.7 Å². The molecule has 114 valence electrons. The molecule has 0 radical (unpaired) electrons. The standard InChI is InChI=1S/C14H22ClNO3S/c1-2-3-4-5-6-7-10-19-13-9-8-12(15)11-14(13)20(16,17)18/h8-9,11H,2-7,10H2,1H3,(H2,16,17,18). The number of nitrogens with two attached hydrogens (primary N) is 1. The fourth-order valence-electron chi connectivity index (χ4n) is 1.89. The summed E-state index contributed by atoms with van der Waals surface area (Å²) in [4.78, 5) is -0.0593. The lowest BCUT2D eigenvalue weighted by Gasteiger charge is -2.10. The Kier molecular flexibility index (Phi) is 7.34. The van der Waals surface area contributed by atoms with Crippen molar-refractivity contribution in [3.8, 4) is 5.75 Å². The largest absolute Gasteiger partial charge is 0.492 e. The minimum atomic E-state index is -3.82. The molecule has 0 saturated heterocycles. The summed E-state index contributed by atoms with van der Waals surface area (Å²) in [5.74, 6) is 0.269. The molecule has 0 aliphatic heterocycles. The van der Waals surface area contributed by atoms with Crippen LogP contribution in [-0.2, 0) is 10.0 Å². The molecule has 0 aliphatic carbocycles. The van der Waals surface area contributed by atoms with Crippen molar-refractivity contribution in [2.75, 3.05) is 6.61 Å². The zero-order valence-corrected chi connectivity index (χ0v) is 13.3. The summed E-state index contributed by atoms with van der Waals surface area (Å²) in [5, 5.41) is 5.47. The van der Waals surface area contributed by atoms with Crippen LogP contribution in [0.2, 0.25) is 5.02 Å². The molecule has 0 bridgehead atoms. The number of benzene rings is 1. The van der Waals surface area contributed by atoms with Crippen molar-refractivity contribution in [2.24, 2.45) is 5.14 Å². The summed E-state index contributed by atoms with van der Waals surface area (Å²) >= 11 is 5.78. The SMILES string of the molecule is CCCCCCCCOc1ccc(Cl)cc1S(N)(=O)=O. The Balaban J connectivity index is 2.48. The average molecular weight is 320 g/mol. The van der Waals surface area contributed by atoms with Gasteiger partial charge in [0.1, 0.15) is 10.6 Å². The Hall–Kier alpha value is -0.780. The highest BCUT2D eigenvalue weighted by Crippen LogP contribution is 2.26. The fourth-order valence-corrected chi connectivity index (χ4v) is 2.82. The summed E-state index contributed by atoms with van der Waals surface area (Å²) in [6.45, 7) is 2.66. The van der Waals surface area contributed by atoms with Crippen molar-refractivity contribution in [1.82, 2.24) is 0 Å². The lowest BCUT2D eigenvalue weighted by molar-refractivity contribution is 0.297. The maximum atomic E-state index is 11.5. The second-order valence-corrected chi connectivity index (χ2v) is 6.72. The molecule has 20 heavy (non-hydrogen) atoms. The Morgan fingerprint density at radius 2 is 1.80 bits per heavy atom. The highest BCUT2D eigenvalue weighted by Gasteiger charge is 2.15. The lowest BCUT2D eigenvalue weighted by Crippen LogP contribution is -2.14. The average Bonchev–Trinajstić information content (AvgIpc) is 2.38. The van der Waals surface area contributed by atoms with Gasteiger partial charge in [-0.3, -0.25) is 0 Å². The Labute approximate surface area is 126 Å². The zero-order chi connectivity index (χ0) is 15.0. The van der Waals surface area contributed by atoms with Crippen molar-refractivity contribution in [3.63, 3.8) is 0 Å². The van der Waals surface area contributed by atoms with E-state index >= 15 is 0 Å². The first-order chi connectivity index (χ1) is 9.45. The van der Waals surface area contributed by atoms with Gasteiger partial charge < -0.3 is 4.74 Å². The molecular formula is C14H22ClNO3S. The molecule has 1 aromatic carbocycles. The highest BCUT2D eigenvalue weighted by molar-refractivity contribution is 7.89. The van der Waals surface area contributed by atoms with Crippen LogP contribution in [0, 0.1) is 0 Å². The number of unbranched alkanes of at least 4 members (excludes halogenated alkanes) is 5. The topological polar surface area (TPSA) is 69.4 Å². The van der Waals surface area contributed by atoms with E-state index in [0.717, 1.165) is 12.8 Å². The van der Waals surface area contributed by atoms with Crippen molar-refractivity contribution >= 4 is 21.6 Å². The molecule has 0 fully saturated rings. The van der Waals surface area contributed by atoms with Crippen LogP contribution >= 0.6 is 11.6 Å². The zero-order valence-electron chi connectivity index (χ0n) is 11.8. The maximum Gasteiger partial charge on any atom is 0.241 e. The second kappa shape index (κ2) is 8.49. The van der Waals surface area contributed by atoms with Gasteiger partial charge in [0.15, 0.2) is 0 Å². The summed E-state index contributed by atoms with van der Waals surface area (Å²) in [6.07, 6.45) is 6.88.